The van der Waals surface area contributed by atoms with E-state index < -0.39 is 21.1 Å². The zero-order valence-corrected chi connectivity index (χ0v) is 15.5. The summed E-state index contributed by atoms with van der Waals surface area (Å²) in [5, 5.41) is 0.0780. The molecule has 0 aliphatic rings. The Kier molecular flexibility index (Phi) is 4.96. The van der Waals surface area contributed by atoms with Crippen molar-refractivity contribution in [2.75, 3.05) is 0 Å². The summed E-state index contributed by atoms with van der Waals surface area (Å²) in [6.07, 6.45) is 3.11. The SMILES string of the molecule is CCCCn1cc(S(=O)(=O)c2ccc(C)cc2)c(=O)c2cc(F)ccc21. The van der Waals surface area contributed by atoms with E-state index in [0.29, 0.717) is 12.1 Å². The Morgan fingerprint density at radius 1 is 1.08 bits per heavy atom. The molecule has 0 unspecified atom stereocenters. The average Bonchev–Trinajstić information content (AvgIpc) is 2.61. The molecular formula is C20H20FNO3S. The number of sulfone groups is 1. The highest BCUT2D eigenvalue weighted by atomic mass is 32.2. The number of hydrogen-bond donors (Lipinski definition) is 0. The van der Waals surface area contributed by atoms with Gasteiger partial charge >= 0.3 is 0 Å². The van der Waals surface area contributed by atoms with Gasteiger partial charge in [0.1, 0.15) is 10.7 Å². The van der Waals surface area contributed by atoms with E-state index in [1.807, 2.05) is 13.8 Å². The number of pyridine rings is 1. The summed E-state index contributed by atoms with van der Waals surface area (Å²) in [4.78, 5) is 12.6. The van der Waals surface area contributed by atoms with Gasteiger partial charge in [0.15, 0.2) is 0 Å². The van der Waals surface area contributed by atoms with Crippen LogP contribution in [-0.4, -0.2) is 13.0 Å². The molecule has 4 nitrogen and oxygen atoms in total. The van der Waals surface area contributed by atoms with E-state index in [0.717, 1.165) is 24.5 Å². The van der Waals surface area contributed by atoms with Crippen LogP contribution in [0.15, 0.2) is 63.2 Å². The van der Waals surface area contributed by atoms with Crippen molar-refractivity contribution in [3.8, 4) is 0 Å². The molecule has 0 saturated carbocycles. The zero-order valence-electron chi connectivity index (χ0n) is 14.7. The Labute approximate surface area is 151 Å². The van der Waals surface area contributed by atoms with E-state index in [2.05, 4.69) is 0 Å². The number of benzene rings is 2. The van der Waals surface area contributed by atoms with Crippen LogP contribution in [0, 0.1) is 12.7 Å². The number of aromatic nitrogens is 1. The summed E-state index contributed by atoms with van der Waals surface area (Å²) >= 11 is 0. The Morgan fingerprint density at radius 3 is 2.42 bits per heavy atom. The van der Waals surface area contributed by atoms with E-state index in [-0.39, 0.29) is 15.2 Å². The molecule has 2 aromatic carbocycles. The van der Waals surface area contributed by atoms with Crippen LogP contribution in [0.25, 0.3) is 10.9 Å². The van der Waals surface area contributed by atoms with Gasteiger partial charge in [-0.05, 0) is 43.7 Å². The minimum Gasteiger partial charge on any atom is -0.346 e. The lowest BCUT2D eigenvalue weighted by Gasteiger charge is -2.14. The van der Waals surface area contributed by atoms with Gasteiger partial charge in [0.05, 0.1) is 10.4 Å². The fourth-order valence-electron chi connectivity index (χ4n) is 2.89. The van der Waals surface area contributed by atoms with Crippen molar-refractivity contribution >= 4 is 20.7 Å². The minimum atomic E-state index is -3.99. The van der Waals surface area contributed by atoms with Crippen LogP contribution in [0.5, 0.6) is 0 Å². The number of aryl methyl sites for hydroxylation is 2. The first-order valence-electron chi connectivity index (χ1n) is 8.49. The summed E-state index contributed by atoms with van der Waals surface area (Å²) in [7, 11) is -3.99. The zero-order chi connectivity index (χ0) is 18.9. The largest absolute Gasteiger partial charge is 0.346 e. The molecular weight excluding hydrogens is 353 g/mol. The normalized spacial score (nSPS) is 11.8. The molecule has 0 N–H and O–H groups in total. The third-order valence-corrected chi connectivity index (χ3v) is 6.15. The Hall–Kier alpha value is -2.47. The fraction of sp³-hybridized carbons (Fsp3) is 0.250. The number of fused-ring (bicyclic) bond motifs is 1. The van der Waals surface area contributed by atoms with Crippen molar-refractivity contribution in [2.24, 2.45) is 0 Å². The highest BCUT2D eigenvalue weighted by Gasteiger charge is 2.24. The van der Waals surface area contributed by atoms with E-state index in [1.54, 1.807) is 16.7 Å². The number of hydrogen-bond acceptors (Lipinski definition) is 3. The van der Waals surface area contributed by atoms with Crippen molar-refractivity contribution < 1.29 is 12.8 Å². The smallest absolute Gasteiger partial charge is 0.211 e. The highest BCUT2D eigenvalue weighted by Crippen LogP contribution is 2.22. The summed E-state index contributed by atoms with van der Waals surface area (Å²) in [5.41, 5.74) is 0.783. The van der Waals surface area contributed by atoms with Crippen molar-refractivity contribution in [3.63, 3.8) is 0 Å². The number of rotatable bonds is 5. The lowest BCUT2D eigenvalue weighted by Crippen LogP contribution is -2.19. The van der Waals surface area contributed by atoms with Crippen LogP contribution in [0.4, 0.5) is 4.39 Å². The third kappa shape index (κ3) is 3.29. The second-order valence-corrected chi connectivity index (χ2v) is 8.27. The van der Waals surface area contributed by atoms with Crippen molar-refractivity contribution in [1.82, 2.24) is 4.57 Å². The Morgan fingerprint density at radius 2 is 1.77 bits per heavy atom. The number of nitrogens with zero attached hydrogens (tertiary/aromatic N) is 1. The molecule has 0 bridgehead atoms. The summed E-state index contributed by atoms with van der Waals surface area (Å²) in [6, 6.07) is 10.2. The first kappa shape index (κ1) is 18.3. The molecule has 3 aromatic rings. The molecule has 136 valence electrons. The van der Waals surface area contributed by atoms with Crippen LogP contribution < -0.4 is 5.43 Å². The molecule has 0 spiro atoms. The van der Waals surface area contributed by atoms with Gasteiger partial charge in [0, 0.05) is 18.1 Å². The van der Waals surface area contributed by atoms with Crippen LogP contribution in [-0.2, 0) is 16.4 Å². The maximum absolute atomic E-state index is 13.7. The highest BCUT2D eigenvalue weighted by molar-refractivity contribution is 7.91. The van der Waals surface area contributed by atoms with Crippen LogP contribution >= 0.6 is 0 Å². The van der Waals surface area contributed by atoms with Gasteiger partial charge in [-0.25, -0.2) is 12.8 Å². The standard InChI is InChI=1S/C20H20FNO3S/c1-3-4-11-22-13-19(20(23)17-12-15(21)7-10-18(17)22)26(24,25)16-8-5-14(2)6-9-16/h5-10,12-13H,3-4,11H2,1-2H3. The number of unbranched alkanes of at least 4 members (excludes halogenated alkanes) is 1. The van der Waals surface area contributed by atoms with Crippen LogP contribution in [0.3, 0.4) is 0 Å². The molecule has 1 aromatic heterocycles. The van der Waals surface area contributed by atoms with Crippen molar-refractivity contribution in [1.29, 1.82) is 0 Å². The molecule has 0 fully saturated rings. The molecule has 1 heterocycles. The molecule has 0 aliphatic heterocycles. The van der Waals surface area contributed by atoms with Gasteiger partial charge in [0.25, 0.3) is 0 Å². The maximum atomic E-state index is 13.7. The lowest BCUT2D eigenvalue weighted by atomic mass is 10.2. The molecule has 3 rings (SSSR count). The fourth-order valence-corrected chi connectivity index (χ4v) is 4.26. The van der Waals surface area contributed by atoms with Gasteiger partial charge in [0.2, 0.25) is 15.3 Å². The van der Waals surface area contributed by atoms with Gasteiger partial charge in [-0.2, -0.15) is 0 Å². The summed E-state index contributed by atoms with van der Waals surface area (Å²) in [6.45, 7) is 4.43. The summed E-state index contributed by atoms with van der Waals surface area (Å²) in [5.74, 6) is -0.568. The predicted molar refractivity (Wildman–Crippen MR) is 99.7 cm³/mol. The van der Waals surface area contributed by atoms with E-state index in [9.17, 15) is 17.6 Å². The van der Waals surface area contributed by atoms with Crippen LogP contribution in [0.1, 0.15) is 25.3 Å². The topological polar surface area (TPSA) is 56.1 Å². The second-order valence-electron chi connectivity index (χ2n) is 6.35. The van der Waals surface area contributed by atoms with Crippen molar-refractivity contribution in [3.05, 3.63) is 70.3 Å². The third-order valence-electron chi connectivity index (χ3n) is 4.38. The van der Waals surface area contributed by atoms with Gasteiger partial charge in [-0.3, -0.25) is 4.79 Å². The van der Waals surface area contributed by atoms with E-state index in [1.165, 1.54) is 30.5 Å². The predicted octanol–water partition coefficient (Wildman–Crippen LogP) is 4.08. The Balaban J connectivity index is 2.30. The quantitative estimate of drug-likeness (QED) is 0.677. The first-order chi connectivity index (χ1) is 12.3. The monoisotopic (exact) mass is 373 g/mol. The van der Waals surface area contributed by atoms with Gasteiger partial charge in [-0.15, -0.1) is 0 Å². The van der Waals surface area contributed by atoms with Gasteiger partial charge < -0.3 is 4.57 Å². The maximum Gasteiger partial charge on any atom is 0.211 e. The molecule has 0 amide bonds. The van der Waals surface area contributed by atoms with E-state index in [4.69, 9.17) is 0 Å². The minimum absolute atomic E-state index is 0.0537. The van der Waals surface area contributed by atoms with Gasteiger partial charge in [-0.1, -0.05) is 31.0 Å². The van der Waals surface area contributed by atoms with Crippen molar-refractivity contribution in [2.45, 2.75) is 43.0 Å². The first-order valence-corrected chi connectivity index (χ1v) is 9.97. The average molecular weight is 373 g/mol. The lowest BCUT2D eigenvalue weighted by molar-refractivity contribution is 0.590. The molecule has 0 aliphatic carbocycles. The molecule has 0 atom stereocenters. The summed E-state index contributed by atoms with van der Waals surface area (Å²) < 4.78 is 41.4. The molecule has 26 heavy (non-hydrogen) atoms. The molecule has 6 heteroatoms. The van der Waals surface area contributed by atoms with E-state index >= 15 is 0 Å². The Bertz CT molecular complexity index is 1120. The molecule has 0 saturated heterocycles. The van der Waals surface area contributed by atoms with Crippen LogP contribution in [0.2, 0.25) is 0 Å². The molecule has 0 radical (unpaired) electrons. The number of halogens is 1. The second kappa shape index (κ2) is 7.03.